The summed E-state index contributed by atoms with van der Waals surface area (Å²) < 4.78 is 30.1. The van der Waals surface area contributed by atoms with Crippen molar-refractivity contribution in [3.05, 3.63) is 29.3 Å². The van der Waals surface area contributed by atoms with Gasteiger partial charge in [0.05, 0.1) is 7.11 Å². The van der Waals surface area contributed by atoms with Crippen LogP contribution in [0.2, 0.25) is 0 Å². The smallest absolute Gasteiger partial charge is 0.165 e. The predicted molar refractivity (Wildman–Crippen MR) is 37.6 cm³/mol. The van der Waals surface area contributed by atoms with E-state index in [2.05, 4.69) is 4.74 Å². The zero-order valence-corrected chi connectivity index (χ0v) is 6.32. The van der Waals surface area contributed by atoms with Gasteiger partial charge in [-0.25, -0.2) is 8.78 Å². The maximum atomic E-state index is 12.7. The minimum Gasteiger partial charge on any atom is -0.493 e. The van der Waals surface area contributed by atoms with Gasteiger partial charge >= 0.3 is 0 Å². The third-order valence-corrected chi connectivity index (χ3v) is 1.50. The number of methoxy groups -OCH3 is 1. The van der Waals surface area contributed by atoms with E-state index in [0.29, 0.717) is 0 Å². The summed E-state index contributed by atoms with van der Waals surface area (Å²) in [6, 6.07) is 2.12. The van der Waals surface area contributed by atoms with E-state index in [1.807, 2.05) is 0 Å². The van der Waals surface area contributed by atoms with Gasteiger partial charge in [0.2, 0.25) is 0 Å². The summed E-state index contributed by atoms with van der Waals surface area (Å²) in [5.74, 6) is -1.01. The normalized spacial score (nSPS) is 9.82. The molecule has 0 N–H and O–H groups in total. The van der Waals surface area contributed by atoms with Crippen molar-refractivity contribution in [2.45, 2.75) is 6.92 Å². The second-order valence-electron chi connectivity index (χ2n) is 2.19. The first-order valence-electron chi connectivity index (χ1n) is 3.15. The zero-order valence-electron chi connectivity index (χ0n) is 6.32. The molecule has 0 amide bonds. The molecular formula is C8H8F2O. The summed E-state index contributed by atoms with van der Waals surface area (Å²) >= 11 is 0. The highest BCUT2D eigenvalue weighted by Gasteiger charge is 2.08. The third kappa shape index (κ3) is 1.31. The van der Waals surface area contributed by atoms with Crippen LogP contribution in [0.5, 0.6) is 5.75 Å². The molecule has 1 aromatic carbocycles. The molecule has 11 heavy (non-hydrogen) atoms. The Labute approximate surface area is 63.6 Å². The zero-order chi connectivity index (χ0) is 8.43. The molecule has 0 aliphatic heterocycles. The van der Waals surface area contributed by atoms with Crippen molar-refractivity contribution in [2.24, 2.45) is 0 Å². The van der Waals surface area contributed by atoms with Gasteiger partial charge in [-0.2, -0.15) is 0 Å². The fourth-order valence-corrected chi connectivity index (χ4v) is 0.885. The first-order chi connectivity index (χ1) is 5.16. The van der Waals surface area contributed by atoms with Crippen molar-refractivity contribution in [3.63, 3.8) is 0 Å². The first kappa shape index (κ1) is 7.98. The van der Waals surface area contributed by atoms with E-state index >= 15 is 0 Å². The number of halogens is 2. The van der Waals surface area contributed by atoms with Crippen molar-refractivity contribution in [1.82, 2.24) is 0 Å². The number of rotatable bonds is 1. The van der Waals surface area contributed by atoms with Gasteiger partial charge in [-0.3, -0.25) is 0 Å². The maximum absolute atomic E-state index is 12.7. The second kappa shape index (κ2) is 2.86. The molecule has 0 bridgehead atoms. The van der Waals surface area contributed by atoms with Crippen LogP contribution in [0.3, 0.4) is 0 Å². The Morgan fingerprint density at radius 3 is 2.18 bits per heavy atom. The quantitative estimate of drug-likeness (QED) is 0.609. The molecule has 0 spiro atoms. The van der Waals surface area contributed by atoms with Gasteiger partial charge in [0.25, 0.3) is 0 Å². The van der Waals surface area contributed by atoms with E-state index in [4.69, 9.17) is 0 Å². The molecule has 0 heterocycles. The standard InChI is InChI=1S/C8H8F2O/c1-5-6(9)3-4-7(10)8(5)11-2/h3-4H,1-2H3. The molecule has 0 fully saturated rings. The van der Waals surface area contributed by atoms with Gasteiger partial charge in [-0.05, 0) is 19.1 Å². The van der Waals surface area contributed by atoms with Crippen LogP contribution < -0.4 is 4.74 Å². The van der Waals surface area contributed by atoms with Crippen molar-refractivity contribution in [3.8, 4) is 5.75 Å². The highest BCUT2D eigenvalue weighted by molar-refractivity contribution is 5.34. The SMILES string of the molecule is COc1c(F)ccc(F)c1C. The summed E-state index contributed by atoms with van der Waals surface area (Å²) in [4.78, 5) is 0. The first-order valence-corrected chi connectivity index (χ1v) is 3.15. The van der Waals surface area contributed by atoms with Crippen LogP contribution in [0.25, 0.3) is 0 Å². The Morgan fingerprint density at radius 2 is 1.73 bits per heavy atom. The third-order valence-electron chi connectivity index (χ3n) is 1.50. The summed E-state index contributed by atoms with van der Waals surface area (Å²) in [7, 11) is 1.31. The second-order valence-corrected chi connectivity index (χ2v) is 2.19. The van der Waals surface area contributed by atoms with Crippen LogP contribution in [0.1, 0.15) is 5.56 Å². The maximum Gasteiger partial charge on any atom is 0.165 e. The van der Waals surface area contributed by atoms with Crippen molar-refractivity contribution in [2.75, 3.05) is 7.11 Å². The largest absolute Gasteiger partial charge is 0.493 e. The van der Waals surface area contributed by atoms with E-state index in [0.717, 1.165) is 12.1 Å². The summed E-state index contributed by atoms with van der Waals surface area (Å²) in [6.07, 6.45) is 0. The molecule has 0 saturated carbocycles. The number of hydrogen-bond acceptors (Lipinski definition) is 1. The number of ether oxygens (including phenoxy) is 1. The van der Waals surface area contributed by atoms with Gasteiger partial charge in [0.15, 0.2) is 11.6 Å². The Kier molecular flexibility index (Phi) is 2.08. The lowest BCUT2D eigenvalue weighted by atomic mass is 10.2. The van der Waals surface area contributed by atoms with Crippen molar-refractivity contribution in [1.29, 1.82) is 0 Å². The number of hydrogen-bond donors (Lipinski definition) is 0. The lowest BCUT2D eigenvalue weighted by molar-refractivity contribution is 0.378. The summed E-state index contributed by atoms with van der Waals surface area (Å²) in [5.41, 5.74) is 0.201. The molecule has 0 unspecified atom stereocenters. The fraction of sp³-hybridized carbons (Fsp3) is 0.250. The molecular weight excluding hydrogens is 150 g/mol. The van der Waals surface area contributed by atoms with E-state index in [9.17, 15) is 8.78 Å². The molecule has 3 heteroatoms. The highest BCUT2D eigenvalue weighted by Crippen LogP contribution is 2.23. The lowest BCUT2D eigenvalue weighted by Crippen LogP contribution is -1.93. The molecule has 1 aromatic rings. The van der Waals surface area contributed by atoms with Crippen LogP contribution >= 0.6 is 0 Å². The predicted octanol–water partition coefficient (Wildman–Crippen LogP) is 2.28. The monoisotopic (exact) mass is 158 g/mol. The average molecular weight is 158 g/mol. The average Bonchev–Trinajstić information content (AvgIpc) is 1.99. The van der Waals surface area contributed by atoms with E-state index in [1.54, 1.807) is 0 Å². The van der Waals surface area contributed by atoms with Crippen LogP contribution in [0.4, 0.5) is 8.78 Å². The Hall–Kier alpha value is -1.12. The van der Waals surface area contributed by atoms with Crippen molar-refractivity contribution >= 4 is 0 Å². The Balaban J connectivity index is 3.29. The highest BCUT2D eigenvalue weighted by atomic mass is 19.1. The van der Waals surface area contributed by atoms with Gasteiger partial charge in [0, 0.05) is 5.56 Å². The van der Waals surface area contributed by atoms with Crippen LogP contribution in [-0.4, -0.2) is 7.11 Å². The molecule has 1 rings (SSSR count). The summed E-state index contributed by atoms with van der Waals surface area (Å²) in [6.45, 7) is 1.47. The van der Waals surface area contributed by atoms with Gasteiger partial charge in [0.1, 0.15) is 5.82 Å². The Bertz CT molecular complexity index is 271. The lowest BCUT2D eigenvalue weighted by Gasteiger charge is -2.05. The minimum absolute atomic E-state index is 0.0231. The minimum atomic E-state index is -0.536. The van der Waals surface area contributed by atoms with E-state index in [1.165, 1.54) is 14.0 Å². The molecule has 0 aliphatic carbocycles. The summed E-state index contributed by atoms with van der Waals surface area (Å²) in [5, 5.41) is 0. The Morgan fingerprint density at radius 1 is 1.18 bits per heavy atom. The molecule has 0 radical (unpaired) electrons. The molecule has 1 nitrogen and oxygen atoms in total. The van der Waals surface area contributed by atoms with Crippen LogP contribution in [0, 0.1) is 18.6 Å². The van der Waals surface area contributed by atoms with Gasteiger partial charge in [-0.15, -0.1) is 0 Å². The topological polar surface area (TPSA) is 9.23 Å². The molecule has 60 valence electrons. The van der Waals surface area contributed by atoms with Crippen LogP contribution in [-0.2, 0) is 0 Å². The van der Waals surface area contributed by atoms with Gasteiger partial charge < -0.3 is 4.74 Å². The van der Waals surface area contributed by atoms with E-state index < -0.39 is 11.6 Å². The molecule has 0 saturated heterocycles. The van der Waals surface area contributed by atoms with E-state index in [-0.39, 0.29) is 11.3 Å². The number of benzene rings is 1. The molecule has 0 aromatic heterocycles. The van der Waals surface area contributed by atoms with Crippen LogP contribution in [0.15, 0.2) is 12.1 Å². The van der Waals surface area contributed by atoms with Crippen molar-refractivity contribution < 1.29 is 13.5 Å². The fourth-order valence-electron chi connectivity index (χ4n) is 0.885. The molecule has 0 aliphatic rings. The molecule has 0 atom stereocenters. The van der Waals surface area contributed by atoms with Gasteiger partial charge in [-0.1, -0.05) is 0 Å².